The molecule has 5 nitrogen and oxygen atoms in total. The summed E-state index contributed by atoms with van der Waals surface area (Å²) in [6, 6.07) is 13.2. The average Bonchev–Trinajstić information content (AvgIpc) is 2.92. The Morgan fingerprint density at radius 3 is 2.44 bits per heavy atom. The van der Waals surface area contributed by atoms with E-state index in [1.807, 2.05) is 23.1 Å². The lowest BCUT2D eigenvalue weighted by Gasteiger charge is -2.02. The largest absolute Gasteiger partial charge is 0.726 e. The van der Waals surface area contributed by atoms with Crippen molar-refractivity contribution in [2.75, 3.05) is 12.4 Å². The maximum Gasteiger partial charge on any atom is 0.298 e. The highest BCUT2D eigenvalue weighted by atomic mass is 32.3. The molecule has 0 atom stereocenters. The van der Waals surface area contributed by atoms with Crippen molar-refractivity contribution in [1.29, 1.82) is 0 Å². The highest BCUT2D eigenvalue weighted by Gasteiger charge is 2.21. The third-order valence-electron chi connectivity index (χ3n) is 3.40. The molecule has 136 valence electrons. The molecular weight excluding hydrogens is 378 g/mol. The van der Waals surface area contributed by atoms with E-state index in [9.17, 15) is 13.0 Å². The molecule has 25 heavy (non-hydrogen) atoms. The highest BCUT2D eigenvalue weighted by molar-refractivity contribution is 8.00. The van der Waals surface area contributed by atoms with Crippen molar-refractivity contribution >= 4 is 54.5 Å². The second kappa shape index (κ2) is 8.95. The molecule has 1 heterocycles. The van der Waals surface area contributed by atoms with Crippen LogP contribution in [0.1, 0.15) is 20.8 Å². The van der Waals surface area contributed by atoms with Gasteiger partial charge in [0.1, 0.15) is 11.2 Å². The fraction of sp³-hybridized carbons (Fsp3) is 0.353. The molecule has 0 aliphatic carbocycles. The summed E-state index contributed by atoms with van der Waals surface area (Å²) in [5, 5.41) is 2.70. The number of nitrogens with zero attached hydrogens (tertiary/aromatic N) is 1. The van der Waals surface area contributed by atoms with Crippen molar-refractivity contribution in [2.24, 2.45) is 0 Å². The number of hydrogen-bond donors (Lipinski definition) is 0. The van der Waals surface area contributed by atoms with E-state index in [4.69, 9.17) is 0 Å². The Bertz CT molecular complexity index is 951. The molecule has 0 spiro atoms. The number of aryl methyl sites for hydroxylation is 1. The van der Waals surface area contributed by atoms with Crippen LogP contribution in [-0.2, 0) is 21.1 Å². The van der Waals surface area contributed by atoms with Crippen LogP contribution in [0.15, 0.2) is 40.7 Å². The van der Waals surface area contributed by atoms with E-state index >= 15 is 0 Å². The topological polar surface area (TPSA) is 70.3 Å². The second-order valence-electron chi connectivity index (χ2n) is 4.99. The van der Waals surface area contributed by atoms with Crippen molar-refractivity contribution in [1.82, 2.24) is 0 Å². The van der Waals surface area contributed by atoms with Crippen LogP contribution in [0.25, 0.3) is 21.0 Å². The minimum Gasteiger partial charge on any atom is -0.726 e. The van der Waals surface area contributed by atoms with Crippen molar-refractivity contribution in [3.8, 4) is 0 Å². The summed E-state index contributed by atoms with van der Waals surface area (Å²) in [5.41, 5.74) is 1.40. The lowest BCUT2D eigenvalue weighted by Crippen LogP contribution is -2.32. The molecular formula is C17H21NO4S3. The van der Waals surface area contributed by atoms with E-state index in [1.165, 1.54) is 32.3 Å². The van der Waals surface area contributed by atoms with Crippen LogP contribution in [0.3, 0.4) is 0 Å². The van der Waals surface area contributed by atoms with Crippen molar-refractivity contribution < 1.29 is 21.7 Å². The van der Waals surface area contributed by atoms with Gasteiger partial charge in [-0.1, -0.05) is 42.5 Å². The summed E-state index contributed by atoms with van der Waals surface area (Å²) < 4.78 is 37.3. The van der Waals surface area contributed by atoms with E-state index in [1.54, 1.807) is 0 Å². The van der Waals surface area contributed by atoms with Gasteiger partial charge in [-0.2, -0.15) is 4.57 Å². The van der Waals surface area contributed by atoms with Gasteiger partial charge in [-0.3, -0.25) is 4.18 Å². The van der Waals surface area contributed by atoms with Gasteiger partial charge in [0.15, 0.2) is 0 Å². The Hall–Kier alpha value is -1.19. The molecule has 0 unspecified atom stereocenters. The molecule has 1 aromatic heterocycles. The molecule has 0 aliphatic heterocycles. The Balaban J connectivity index is 0.000000277. The molecule has 0 aliphatic rings. The zero-order valence-corrected chi connectivity index (χ0v) is 16.8. The molecule has 0 fully saturated rings. The quantitative estimate of drug-likeness (QED) is 0.281. The Morgan fingerprint density at radius 1 is 1.16 bits per heavy atom. The third-order valence-corrected chi connectivity index (χ3v) is 6.23. The second-order valence-corrected chi connectivity index (χ2v) is 8.59. The van der Waals surface area contributed by atoms with Crippen LogP contribution in [0.4, 0.5) is 0 Å². The molecule has 0 amide bonds. The summed E-state index contributed by atoms with van der Waals surface area (Å²) in [4.78, 5) is 0. The van der Waals surface area contributed by atoms with E-state index in [0.29, 0.717) is 0 Å². The number of aromatic nitrogens is 1. The first-order valence-corrected chi connectivity index (χ1v) is 11.1. The molecule has 3 rings (SSSR count). The third kappa shape index (κ3) is 5.15. The highest BCUT2D eigenvalue weighted by Crippen LogP contribution is 2.32. The van der Waals surface area contributed by atoms with Gasteiger partial charge in [0.05, 0.1) is 12.0 Å². The van der Waals surface area contributed by atoms with Crippen LogP contribution >= 0.6 is 23.1 Å². The number of thiazole rings is 1. The molecule has 0 bridgehead atoms. The fourth-order valence-corrected chi connectivity index (χ4v) is 5.24. The van der Waals surface area contributed by atoms with Gasteiger partial charge in [0.25, 0.3) is 4.34 Å². The smallest absolute Gasteiger partial charge is 0.298 e. The molecule has 0 radical (unpaired) electrons. The zero-order chi connectivity index (χ0) is 18.4. The first kappa shape index (κ1) is 20.1. The predicted molar refractivity (Wildman–Crippen MR) is 103 cm³/mol. The Labute approximate surface area is 156 Å². The number of thioether (sulfide) groups is 1. The minimum atomic E-state index is -4.42. The van der Waals surface area contributed by atoms with Gasteiger partial charge in [-0.25, -0.2) is 8.42 Å². The van der Waals surface area contributed by atoms with Crippen LogP contribution < -0.4 is 4.57 Å². The van der Waals surface area contributed by atoms with Gasteiger partial charge >= 0.3 is 0 Å². The van der Waals surface area contributed by atoms with Crippen LogP contribution in [-0.4, -0.2) is 25.3 Å². The SMILES string of the molecule is CCOS(=O)(=O)[O-].CCSc1sc2ccc3ccccc3c2[n+]1CC. The molecule has 8 heteroatoms. The first-order valence-electron chi connectivity index (χ1n) is 7.98. The predicted octanol–water partition coefficient (Wildman–Crippen LogP) is 3.96. The average molecular weight is 400 g/mol. The summed E-state index contributed by atoms with van der Waals surface area (Å²) in [7, 11) is -4.42. The number of benzene rings is 2. The summed E-state index contributed by atoms with van der Waals surface area (Å²) in [6.45, 7) is 6.82. The number of fused-ring (bicyclic) bond motifs is 3. The number of hydrogen-bond acceptors (Lipinski definition) is 6. The van der Waals surface area contributed by atoms with Gasteiger partial charge in [-0.05, 0) is 43.1 Å². The Morgan fingerprint density at radius 2 is 1.88 bits per heavy atom. The lowest BCUT2D eigenvalue weighted by atomic mass is 10.1. The fourth-order valence-electron chi connectivity index (χ4n) is 2.50. The van der Waals surface area contributed by atoms with Crippen molar-refractivity contribution in [2.45, 2.75) is 31.7 Å². The van der Waals surface area contributed by atoms with Gasteiger partial charge in [-0.15, -0.1) is 0 Å². The van der Waals surface area contributed by atoms with Gasteiger partial charge in [0, 0.05) is 5.75 Å². The summed E-state index contributed by atoms with van der Waals surface area (Å²) in [6.07, 6.45) is 0. The summed E-state index contributed by atoms with van der Waals surface area (Å²) in [5.74, 6) is 1.13. The standard InChI is InChI=1S/C15H16NS2.C2H6O4S/c1-3-16-14-12-8-6-5-7-11(12)9-10-13(14)18-15(16)17-4-2;1-2-6-7(3,4)5/h5-10H,3-4H2,1-2H3;2H2,1H3,(H,3,4,5)/q+1;/p-1. The van der Waals surface area contributed by atoms with E-state index in [0.717, 1.165) is 12.3 Å². The summed E-state index contributed by atoms with van der Waals surface area (Å²) >= 11 is 3.86. The zero-order valence-electron chi connectivity index (χ0n) is 14.4. The van der Waals surface area contributed by atoms with E-state index in [2.05, 4.69) is 59.0 Å². The van der Waals surface area contributed by atoms with Gasteiger partial charge < -0.3 is 4.55 Å². The molecule has 3 aromatic rings. The van der Waals surface area contributed by atoms with E-state index in [-0.39, 0.29) is 6.61 Å². The first-order chi connectivity index (χ1) is 11.9. The van der Waals surface area contributed by atoms with Crippen LogP contribution in [0.2, 0.25) is 0 Å². The van der Waals surface area contributed by atoms with Gasteiger partial charge in [0.2, 0.25) is 15.9 Å². The maximum absolute atomic E-state index is 9.45. The van der Waals surface area contributed by atoms with Crippen LogP contribution in [0, 0.1) is 0 Å². The molecule has 0 saturated carbocycles. The van der Waals surface area contributed by atoms with Crippen molar-refractivity contribution in [3.05, 3.63) is 36.4 Å². The monoisotopic (exact) mass is 399 g/mol. The number of rotatable bonds is 5. The lowest BCUT2D eigenvalue weighted by molar-refractivity contribution is -0.697. The Kier molecular flexibility index (Phi) is 7.21. The maximum atomic E-state index is 9.45. The molecule has 0 saturated heterocycles. The van der Waals surface area contributed by atoms with Crippen LogP contribution in [0.5, 0.6) is 0 Å². The molecule has 0 N–H and O–H groups in total. The molecule has 2 aromatic carbocycles. The normalized spacial score (nSPS) is 11.5. The van der Waals surface area contributed by atoms with E-state index < -0.39 is 10.4 Å². The van der Waals surface area contributed by atoms with Crippen molar-refractivity contribution in [3.63, 3.8) is 0 Å². The minimum absolute atomic E-state index is 0.0914.